The zero-order chi connectivity index (χ0) is 21.7. The first-order chi connectivity index (χ1) is 14.4. The van der Waals surface area contributed by atoms with Crippen LogP contribution < -0.4 is 15.0 Å². The molecule has 3 rings (SSSR count). The molecule has 1 heterocycles. The van der Waals surface area contributed by atoms with Crippen LogP contribution in [0, 0.1) is 5.92 Å². The number of ether oxygens (including phenoxy) is 2. The van der Waals surface area contributed by atoms with Crippen LogP contribution in [-0.4, -0.2) is 37.5 Å². The van der Waals surface area contributed by atoms with Gasteiger partial charge in [-0.2, -0.15) is 0 Å². The number of esters is 1. The Morgan fingerprint density at radius 1 is 1.27 bits per heavy atom. The molecule has 0 spiro atoms. The fraction of sp³-hybridized carbons (Fsp3) is 0.286. The summed E-state index contributed by atoms with van der Waals surface area (Å²) in [6.45, 7) is 2.04. The molecule has 0 radical (unpaired) electrons. The number of rotatable bonds is 7. The SMILES string of the molecule is CCOc1ccccc1N1C[C@@H](C(=O)OCC(=O)Nc2ccc(Br)c(Cl)c2)CC1=O. The van der Waals surface area contributed by atoms with E-state index in [9.17, 15) is 14.4 Å². The average molecular weight is 496 g/mol. The van der Waals surface area contributed by atoms with Crippen molar-refractivity contribution >= 4 is 56.7 Å². The number of nitrogens with one attached hydrogen (secondary N) is 1. The molecule has 0 aliphatic carbocycles. The first kappa shape index (κ1) is 22.1. The zero-order valence-corrected chi connectivity index (χ0v) is 18.5. The van der Waals surface area contributed by atoms with Crippen molar-refractivity contribution in [2.24, 2.45) is 5.92 Å². The van der Waals surface area contributed by atoms with E-state index >= 15 is 0 Å². The van der Waals surface area contributed by atoms with Crippen molar-refractivity contribution in [1.29, 1.82) is 0 Å². The van der Waals surface area contributed by atoms with Crippen molar-refractivity contribution < 1.29 is 23.9 Å². The predicted molar refractivity (Wildman–Crippen MR) is 117 cm³/mol. The number of amides is 2. The first-order valence-corrected chi connectivity index (χ1v) is 10.5. The van der Waals surface area contributed by atoms with Crippen molar-refractivity contribution in [2.45, 2.75) is 13.3 Å². The summed E-state index contributed by atoms with van der Waals surface area (Å²) in [6, 6.07) is 12.1. The molecule has 1 saturated heterocycles. The van der Waals surface area contributed by atoms with Gasteiger partial charge in [-0.3, -0.25) is 14.4 Å². The lowest BCUT2D eigenvalue weighted by molar-refractivity contribution is -0.151. The molecule has 2 aromatic carbocycles. The molecule has 158 valence electrons. The molecule has 30 heavy (non-hydrogen) atoms. The Balaban J connectivity index is 1.56. The van der Waals surface area contributed by atoms with Crippen molar-refractivity contribution in [3.8, 4) is 5.75 Å². The Labute approximate surface area is 187 Å². The van der Waals surface area contributed by atoms with Crippen LogP contribution in [0.4, 0.5) is 11.4 Å². The molecule has 1 N–H and O–H groups in total. The Morgan fingerprint density at radius 3 is 2.77 bits per heavy atom. The number of halogens is 2. The highest BCUT2D eigenvalue weighted by Crippen LogP contribution is 2.33. The molecule has 1 aliphatic rings. The Hall–Kier alpha value is -2.58. The summed E-state index contributed by atoms with van der Waals surface area (Å²) in [5.74, 6) is -1.36. The molecule has 1 atom stereocenters. The van der Waals surface area contributed by atoms with Gasteiger partial charge in [0.1, 0.15) is 5.75 Å². The van der Waals surface area contributed by atoms with E-state index in [2.05, 4.69) is 21.2 Å². The number of hydrogen-bond donors (Lipinski definition) is 1. The molecule has 1 fully saturated rings. The average Bonchev–Trinajstić information content (AvgIpc) is 3.11. The summed E-state index contributed by atoms with van der Waals surface area (Å²) >= 11 is 9.26. The van der Waals surface area contributed by atoms with Gasteiger partial charge in [-0.15, -0.1) is 0 Å². The summed E-state index contributed by atoms with van der Waals surface area (Å²) in [6.07, 6.45) is 0.0171. The molecular formula is C21H20BrClN2O5. The Morgan fingerprint density at radius 2 is 2.03 bits per heavy atom. The summed E-state index contributed by atoms with van der Waals surface area (Å²) in [5.41, 5.74) is 1.10. The van der Waals surface area contributed by atoms with Crippen LogP contribution in [0.1, 0.15) is 13.3 Å². The van der Waals surface area contributed by atoms with Crippen molar-refractivity contribution in [3.63, 3.8) is 0 Å². The summed E-state index contributed by atoms with van der Waals surface area (Å²) in [4.78, 5) is 38.4. The van der Waals surface area contributed by atoms with Crippen molar-refractivity contribution in [1.82, 2.24) is 0 Å². The fourth-order valence-corrected chi connectivity index (χ4v) is 3.51. The summed E-state index contributed by atoms with van der Waals surface area (Å²) < 4.78 is 11.4. The van der Waals surface area contributed by atoms with E-state index in [4.69, 9.17) is 21.1 Å². The van der Waals surface area contributed by atoms with E-state index in [0.29, 0.717) is 33.2 Å². The van der Waals surface area contributed by atoms with Crippen LogP contribution in [0.25, 0.3) is 0 Å². The van der Waals surface area contributed by atoms with Gasteiger partial charge in [-0.1, -0.05) is 23.7 Å². The van der Waals surface area contributed by atoms with E-state index in [1.807, 2.05) is 13.0 Å². The monoisotopic (exact) mass is 494 g/mol. The number of nitrogens with zero attached hydrogens (tertiary/aromatic N) is 1. The van der Waals surface area contributed by atoms with Crippen LogP contribution in [0.15, 0.2) is 46.9 Å². The van der Waals surface area contributed by atoms with E-state index < -0.39 is 24.4 Å². The van der Waals surface area contributed by atoms with E-state index in [1.165, 1.54) is 4.90 Å². The third-order valence-corrected chi connectivity index (χ3v) is 5.70. The quantitative estimate of drug-likeness (QED) is 0.586. The first-order valence-electron chi connectivity index (χ1n) is 9.32. The Bertz CT molecular complexity index is 968. The van der Waals surface area contributed by atoms with Gasteiger partial charge in [0, 0.05) is 23.1 Å². The standard InChI is InChI=1S/C21H20BrClN2O5/c1-2-29-18-6-4-3-5-17(18)25-11-13(9-20(25)27)21(28)30-12-19(26)24-14-7-8-15(22)16(23)10-14/h3-8,10,13H,2,9,11-12H2,1H3,(H,24,26)/t13-/m0/s1. The van der Waals surface area contributed by atoms with Crippen LogP contribution in [0.3, 0.4) is 0 Å². The molecule has 7 nitrogen and oxygen atoms in total. The second kappa shape index (κ2) is 9.95. The van der Waals surface area contributed by atoms with E-state index in [1.54, 1.807) is 36.4 Å². The molecule has 2 amide bonds. The minimum atomic E-state index is -0.651. The number of hydrogen-bond acceptors (Lipinski definition) is 5. The lowest BCUT2D eigenvalue weighted by Gasteiger charge is -2.19. The molecule has 0 bridgehead atoms. The van der Waals surface area contributed by atoms with Gasteiger partial charge < -0.3 is 19.7 Å². The lowest BCUT2D eigenvalue weighted by atomic mass is 10.1. The number of carbonyl (C=O) groups is 3. The maximum atomic E-state index is 12.5. The van der Waals surface area contributed by atoms with Gasteiger partial charge >= 0.3 is 5.97 Å². The lowest BCUT2D eigenvalue weighted by Crippen LogP contribution is -2.28. The normalized spacial score (nSPS) is 15.8. The Kier molecular flexibility index (Phi) is 7.33. The molecule has 9 heteroatoms. The highest BCUT2D eigenvalue weighted by molar-refractivity contribution is 9.10. The molecule has 0 saturated carbocycles. The topological polar surface area (TPSA) is 84.9 Å². The predicted octanol–water partition coefficient (Wildman–Crippen LogP) is 4.04. The summed E-state index contributed by atoms with van der Waals surface area (Å²) in [5, 5.41) is 3.05. The molecule has 1 aliphatic heterocycles. The minimum absolute atomic E-state index is 0.0171. The second-order valence-electron chi connectivity index (χ2n) is 6.59. The largest absolute Gasteiger partial charge is 0.492 e. The van der Waals surface area contributed by atoms with Crippen molar-refractivity contribution in [3.05, 3.63) is 52.0 Å². The summed E-state index contributed by atoms with van der Waals surface area (Å²) in [7, 11) is 0. The van der Waals surface area contributed by atoms with Crippen LogP contribution in [0.5, 0.6) is 5.75 Å². The van der Waals surface area contributed by atoms with Gasteiger partial charge in [0.05, 0.1) is 23.2 Å². The zero-order valence-electron chi connectivity index (χ0n) is 16.2. The maximum Gasteiger partial charge on any atom is 0.311 e. The smallest absolute Gasteiger partial charge is 0.311 e. The van der Waals surface area contributed by atoms with Gasteiger partial charge in [0.25, 0.3) is 5.91 Å². The highest BCUT2D eigenvalue weighted by Gasteiger charge is 2.37. The molecular weight excluding hydrogens is 476 g/mol. The highest BCUT2D eigenvalue weighted by atomic mass is 79.9. The van der Waals surface area contributed by atoms with Gasteiger partial charge in [-0.05, 0) is 53.2 Å². The molecule has 0 aromatic heterocycles. The van der Waals surface area contributed by atoms with Gasteiger partial charge in [0.2, 0.25) is 5.91 Å². The van der Waals surface area contributed by atoms with Crippen LogP contribution in [0.2, 0.25) is 5.02 Å². The third-order valence-electron chi connectivity index (χ3n) is 4.46. The van der Waals surface area contributed by atoms with Crippen molar-refractivity contribution in [2.75, 3.05) is 30.0 Å². The van der Waals surface area contributed by atoms with Crippen LogP contribution >= 0.6 is 27.5 Å². The van der Waals surface area contributed by atoms with Gasteiger partial charge in [-0.25, -0.2) is 0 Å². The maximum absolute atomic E-state index is 12.5. The van der Waals surface area contributed by atoms with E-state index in [-0.39, 0.29) is 18.9 Å². The minimum Gasteiger partial charge on any atom is -0.492 e. The van der Waals surface area contributed by atoms with E-state index in [0.717, 1.165) is 0 Å². The van der Waals surface area contributed by atoms with Crippen LogP contribution in [-0.2, 0) is 19.1 Å². The second-order valence-corrected chi connectivity index (χ2v) is 7.85. The molecule has 2 aromatic rings. The molecule has 0 unspecified atom stereocenters. The number of anilines is 2. The number of benzene rings is 2. The number of carbonyl (C=O) groups excluding carboxylic acids is 3. The number of para-hydroxylation sites is 2. The fourth-order valence-electron chi connectivity index (χ4n) is 3.08. The van der Waals surface area contributed by atoms with Gasteiger partial charge in [0.15, 0.2) is 6.61 Å². The third kappa shape index (κ3) is 5.31.